The summed E-state index contributed by atoms with van der Waals surface area (Å²) in [5.41, 5.74) is 1.16. The van der Waals surface area contributed by atoms with Crippen molar-refractivity contribution in [2.24, 2.45) is 0 Å². The molecule has 2 heterocycles. The van der Waals surface area contributed by atoms with Crippen LogP contribution in [0.3, 0.4) is 0 Å². The molecule has 116 valence electrons. The van der Waals surface area contributed by atoms with Crippen molar-refractivity contribution in [2.45, 2.75) is 37.8 Å². The highest BCUT2D eigenvalue weighted by atomic mass is 32.2. The molecule has 2 rings (SSSR count). The van der Waals surface area contributed by atoms with E-state index in [-0.39, 0.29) is 0 Å². The number of hydrogen-bond acceptors (Lipinski definition) is 5. The lowest BCUT2D eigenvalue weighted by Gasteiger charge is -2.05. The first-order valence-electron chi connectivity index (χ1n) is 6.79. The molecule has 0 spiro atoms. The molecule has 2 aromatic rings. The predicted molar refractivity (Wildman–Crippen MR) is 89.5 cm³/mol. The molecule has 0 aromatic carbocycles. The number of thiophene rings is 2. The lowest BCUT2D eigenvalue weighted by atomic mass is 10.2. The molecule has 2 N–H and O–H groups in total. The van der Waals surface area contributed by atoms with Crippen molar-refractivity contribution in [3.05, 3.63) is 38.7 Å². The van der Waals surface area contributed by atoms with Crippen LogP contribution in [0.15, 0.2) is 33.2 Å². The number of nitrogens with one attached hydrogen (secondary N) is 2. The van der Waals surface area contributed by atoms with Gasteiger partial charge in [0.15, 0.2) is 0 Å². The predicted octanol–water partition coefficient (Wildman–Crippen LogP) is 2.83. The Morgan fingerprint density at radius 1 is 1.29 bits per heavy atom. The van der Waals surface area contributed by atoms with E-state index in [1.54, 1.807) is 22.8 Å². The summed E-state index contributed by atoms with van der Waals surface area (Å²) in [5.74, 6) is 0. The Labute approximate surface area is 134 Å². The fraction of sp³-hybridized carbons (Fsp3) is 0.429. The highest BCUT2D eigenvalue weighted by Crippen LogP contribution is 2.19. The molecule has 0 amide bonds. The minimum absolute atomic E-state index is 0.360. The van der Waals surface area contributed by atoms with Gasteiger partial charge in [-0.15, -0.1) is 11.3 Å². The average Bonchev–Trinajstić information content (AvgIpc) is 3.07. The van der Waals surface area contributed by atoms with Crippen molar-refractivity contribution in [3.63, 3.8) is 0 Å². The van der Waals surface area contributed by atoms with Gasteiger partial charge in [0.05, 0.1) is 4.90 Å². The molecule has 0 aliphatic carbocycles. The van der Waals surface area contributed by atoms with Crippen LogP contribution in [0.1, 0.15) is 24.3 Å². The average molecular weight is 345 g/mol. The first-order chi connectivity index (χ1) is 9.97. The second-order valence-corrected chi connectivity index (χ2v) is 8.61. The Hall–Kier alpha value is -0.730. The lowest BCUT2D eigenvalue weighted by Crippen LogP contribution is -2.25. The summed E-state index contributed by atoms with van der Waals surface area (Å²) in [5, 5.41) is 9.02. The molecule has 4 nitrogen and oxygen atoms in total. The molecule has 0 atom stereocenters. The molecule has 2 aromatic heterocycles. The minimum Gasteiger partial charge on any atom is -0.310 e. The summed E-state index contributed by atoms with van der Waals surface area (Å²) in [6.07, 6.45) is 0.717. The van der Waals surface area contributed by atoms with E-state index in [1.165, 1.54) is 11.3 Å². The number of sulfonamides is 1. The zero-order chi connectivity index (χ0) is 15.3. The van der Waals surface area contributed by atoms with E-state index in [2.05, 4.69) is 23.9 Å². The Bertz CT molecular complexity index is 646. The van der Waals surface area contributed by atoms with Gasteiger partial charge in [-0.25, -0.2) is 13.1 Å². The lowest BCUT2D eigenvalue weighted by molar-refractivity contribution is 0.581. The van der Waals surface area contributed by atoms with Crippen LogP contribution in [-0.4, -0.2) is 21.0 Å². The van der Waals surface area contributed by atoms with Gasteiger partial charge in [-0.3, -0.25) is 0 Å². The third kappa shape index (κ3) is 5.19. The van der Waals surface area contributed by atoms with Gasteiger partial charge in [0.1, 0.15) is 0 Å². The van der Waals surface area contributed by atoms with E-state index in [9.17, 15) is 8.42 Å². The highest BCUT2D eigenvalue weighted by Gasteiger charge is 2.15. The summed E-state index contributed by atoms with van der Waals surface area (Å²) < 4.78 is 27.0. The zero-order valence-electron chi connectivity index (χ0n) is 12.1. The molecule has 0 saturated carbocycles. The second kappa shape index (κ2) is 7.51. The molecule has 0 aliphatic rings. The number of hydrogen-bond donors (Lipinski definition) is 2. The molecule has 0 radical (unpaired) electrons. The molecule has 0 unspecified atom stereocenters. The summed E-state index contributed by atoms with van der Waals surface area (Å²) >= 11 is 3.09. The maximum Gasteiger partial charge on any atom is 0.241 e. The van der Waals surface area contributed by atoms with Crippen molar-refractivity contribution in [1.82, 2.24) is 10.0 Å². The highest BCUT2D eigenvalue weighted by molar-refractivity contribution is 7.89. The van der Waals surface area contributed by atoms with Crippen LogP contribution in [0.5, 0.6) is 0 Å². The minimum atomic E-state index is -3.40. The molecular formula is C14H20N2O2S3. The van der Waals surface area contributed by atoms with Crippen LogP contribution in [0.4, 0.5) is 0 Å². The van der Waals surface area contributed by atoms with E-state index in [0.29, 0.717) is 30.4 Å². The monoisotopic (exact) mass is 344 g/mol. The van der Waals surface area contributed by atoms with Gasteiger partial charge in [-0.05, 0) is 34.9 Å². The molecule has 0 bridgehead atoms. The van der Waals surface area contributed by atoms with Crippen LogP contribution < -0.4 is 10.0 Å². The Balaban J connectivity index is 1.89. The second-order valence-electron chi connectivity index (χ2n) is 5.06. The van der Waals surface area contributed by atoms with Crippen molar-refractivity contribution in [2.75, 3.05) is 6.54 Å². The van der Waals surface area contributed by atoms with Crippen molar-refractivity contribution in [1.29, 1.82) is 0 Å². The van der Waals surface area contributed by atoms with E-state index in [4.69, 9.17) is 0 Å². The third-order valence-electron chi connectivity index (χ3n) is 2.91. The molecule has 21 heavy (non-hydrogen) atoms. The van der Waals surface area contributed by atoms with Gasteiger partial charge >= 0.3 is 0 Å². The summed E-state index contributed by atoms with van der Waals surface area (Å²) in [6, 6.07) is 4.14. The maximum atomic E-state index is 12.2. The molecule has 0 saturated heterocycles. The summed E-state index contributed by atoms with van der Waals surface area (Å²) in [4.78, 5) is 1.39. The summed E-state index contributed by atoms with van der Waals surface area (Å²) in [6.45, 7) is 5.26. The SMILES string of the molecule is CC(C)NCc1cc(S(=O)(=O)NCCc2ccsc2)cs1. The largest absolute Gasteiger partial charge is 0.310 e. The normalized spacial score (nSPS) is 12.1. The van der Waals surface area contributed by atoms with E-state index < -0.39 is 10.0 Å². The van der Waals surface area contributed by atoms with Gasteiger partial charge in [-0.2, -0.15) is 11.3 Å². The van der Waals surface area contributed by atoms with Crippen LogP contribution in [-0.2, 0) is 23.0 Å². The Morgan fingerprint density at radius 2 is 2.10 bits per heavy atom. The van der Waals surface area contributed by atoms with E-state index >= 15 is 0 Å². The Kier molecular flexibility index (Phi) is 5.95. The van der Waals surface area contributed by atoms with Crippen LogP contribution in [0.2, 0.25) is 0 Å². The van der Waals surface area contributed by atoms with Crippen LogP contribution in [0, 0.1) is 0 Å². The van der Waals surface area contributed by atoms with Crippen LogP contribution >= 0.6 is 22.7 Å². The van der Waals surface area contributed by atoms with Gasteiger partial charge in [0, 0.05) is 29.4 Å². The summed E-state index contributed by atoms with van der Waals surface area (Å²) in [7, 11) is -3.40. The molecule has 0 aliphatic heterocycles. The van der Waals surface area contributed by atoms with Gasteiger partial charge in [0.25, 0.3) is 0 Å². The van der Waals surface area contributed by atoms with E-state index in [1.807, 2.05) is 16.8 Å². The molecule has 0 fully saturated rings. The zero-order valence-corrected chi connectivity index (χ0v) is 14.6. The Morgan fingerprint density at radius 3 is 2.76 bits per heavy atom. The first-order valence-corrected chi connectivity index (χ1v) is 10.1. The smallest absolute Gasteiger partial charge is 0.241 e. The van der Waals surface area contributed by atoms with Gasteiger partial charge in [-0.1, -0.05) is 13.8 Å². The first kappa shape index (κ1) is 16.6. The quantitative estimate of drug-likeness (QED) is 0.774. The van der Waals surface area contributed by atoms with Crippen molar-refractivity contribution >= 4 is 32.7 Å². The fourth-order valence-corrected chi connectivity index (χ4v) is 4.71. The standard InChI is InChI=1S/C14H20N2O2S3/c1-11(2)15-8-13-7-14(10-20-13)21(17,18)16-5-3-12-4-6-19-9-12/h4,6-7,9-11,15-16H,3,5,8H2,1-2H3. The third-order valence-corrected chi connectivity index (χ3v) is 6.17. The maximum absolute atomic E-state index is 12.2. The van der Waals surface area contributed by atoms with Gasteiger partial charge in [0.2, 0.25) is 10.0 Å². The topological polar surface area (TPSA) is 58.2 Å². The van der Waals surface area contributed by atoms with Crippen LogP contribution in [0.25, 0.3) is 0 Å². The number of rotatable bonds is 8. The fourth-order valence-electron chi connectivity index (χ4n) is 1.75. The molecule has 7 heteroatoms. The van der Waals surface area contributed by atoms with Crippen molar-refractivity contribution < 1.29 is 8.42 Å². The van der Waals surface area contributed by atoms with Gasteiger partial charge < -0.3 is 5.32 Å². The van der Waals surface area contributed by atoms with Crippen molar-refractivity contribution in [3.8, 4) is 0 Å². The van der Waals surface area contributed by atoms with E-state index in [0.717, 1.165) is 10.4 Å². The molecular weight excluding hydrogens is 324 g/mol.